The van der Waals surface area contributed by atoms with E-state index < -0.39 is 0 Å². The van der Waals surface area contributed by atoms with Gasteiger partial charge in [0, 0.05) is 22.7 Å². The molecule has 0 aliphatic carbocycles. The largest absolute Gasteiger partial charge is 0.507 e. The first kappa shape index (κ1) is 29.8. The molecule has 8 aromatic rings. The smallest absolute Gasteiger partial charge is 0.128 e. The third-order valence-electron chi connectivity index (χ3n) is 9.04. The molecule has 0 fully saturated rings. The molecule has 0 amide bonds. The van der Waals surface area contributed by atoms with Gasteiger partial charge in [-0.25, -0.2) is 4.98 Å². The molecule has 1 N–H and O–H groups in total. The van der Waals surface area contributed by atoms with Gasteiger partial charge in [-0.3, -0.25) is 4.98 Å². The fraction of sp³-hybridized carbons (Fsp3) is 0.0909. The third kappa shape index (κ3) is 5.44. The van der Waals surface area contributed by atoms with Crippen molar-refractivity contribution >= 4 is 32.5 Å². The number of nitrogens with zero attached hydrogens (tertiary/aromatic N) is 2. The van der Waals surface area contributed by atoms with Gasteiger partial charge >= 0.3 is 0 Å². The SMILES string of the molecule is CC(C)(C)c1ccc(O)c(-c2nc3c(-c4cccc(-c5cccc6c(-c7ccccc7)ccnc56)c4)cc(-c4ccccc4)cc3s2)c1. The minimum atomic E-state index is -0.0520. The summed E-state index contributed by atoms with van der Waals surface area (Å²) >= 11 is 1.62. The second-order valence-electron chi connectivity index (χ2n) is 13.2. The number of aromatic nitrogens is 2. The Kier molecular flexibility index (Phi) is 7.39. The van der Waals surface area contributed by atoms with E-state index in [1.54, 1.807) is 17.4 Å². The zero-order valence-corrected chi connectivity index (χ0v) is 27.9. The summed E-state index contributed by atoms with van der Waals surface area (Å²) in [6, 6.07) is 48.6. The number of hydrogen-bond acceptors (Lipinski definition) is 4. The standard InChI is InChI=1S/C44H34N2OS/c1-44(2,3)33-20-21-39(47)38(27-33)43-46-42-37(25-32(26-40(42)48-43)28-12-6-4-7-13-28)31-17-10-16-30(24-31)35-18-11-19-36-34(22-23-45-41(35)36)29-14-8-5-9-15-29/h4-27,47H,1-3H3. The number of aromatic hydroxyl groups is 1. The number of pyridine rings is 1. The van der Waals surface area contributed by atoms with Crippen LogP contribution in [0.2, 0.25) is 0 Å². The molecule has 2 aromatic heterocycles. The summed E-state index contributed by atoms with van der Waals surface area (Å²) in [5, 5.41) is 12.9. The highest BCUT2D eigenvalue weighted by Crippen LogP contribution is 2.43. The van der Waals surface area contributed by atoms with Crippen LogP contribution in [0.15, 0.2) is 146 Å². The number of hydrogen-bond donors (Lipinski definition) is 1. The van der Waals surface area contributed by atoms with E-state index in [9.17, 15) is 5.11 Å². The molecule has 232 valence electrons. The van der Waals surface area contributed by atoms with E-state index in [-0.39, 0.29) is 11.2 Å². The Bertz CT molecular complexity index is 2440. The summed E-state index contributed by atoms with van der Waals surface area (Å²) in [5.41, 5.74) is 12.7. The van der Waals surface area contributed by atoms with Crippen LogP contribution in [0, 0.1) is 0 Å². The van der Waals surface area contributed by atoms with E-state index in [2.05, 4.69) is 136 Å². The van der Waals surface area contributed by atoms with Gasteiger partial charge in [-0.15, -0.1) is 11.3 Å². The van der Waals surface area contributed by atoms with Crippen LogP contribution in [0.5, 0.6) is 5.75 Å². The normalized spacial score (nSPS) is 11.7. The highest BCUT2D eigenvalue weighted by atomic mass is 32.1. The van der Waals surface area contributed by atoms with Crippen LogP contribution in [-0.2, 0) is 5.41 Å². The van der Waals surface area contributed by atoms with Crippen molar-refractivity contribution < 1.29 is 5.11 Å². The number of thiazole rings is 1. The maximum atomic E-state index is 11.0. The molecule has 4 heteroatoms. The van der Waals surface area contributed by atoms with Crippen LogP contribution in [0.4, 0.5) is 0 Å². The van der Waals surface area contributed by atoms with Gasteiger partial charge in [0.05, 0.1) is 21.3 Å². The number of rotatable bonds is 5. The second-order valence-corrected chi connectivity index (χ2v) is 14.3. The zero-order chi connectivity index (χ0) is 32.8. The lowest BCUT2D eigenvalue weighted by atomic mass is 9.86. The molecule has 0 saturated carbocycles. The van der Waals surface area contributed by atoms with Gasteiger partial charge in [0.25, 0.3) is 0 Å². The average Bonchev–Trinajstić information content (AvgIpc) is 3.55. The third-order valence-corrected chi connectivity index (χ3v) is 10.1. The highest BCUT2D eigenvalue weighted by molar-refractivity contribution is 7.21. The Hall–Kier alpha value is -5.58. The van der Waals surface area contributed by atoms with Crippen LogP contribution in [0.3, 0.4) is 0 Å². The van der Waals surface area contributed by atoms with Gasteiger partial charge < -0.3 is 5.11 Å². The summed E-state index contributed by atoms with van der Waals surface area (Å²) in [4.78, 5) is 10.1. The molecule has 0 radical (unpaired) electrons. The summed E-state index contributed by atoms with van der Waals surface area (Å²) < 4.78 is 1.08. The Morgan fingerprint density at radius 3 is 1.96 bits per heavy atom. The molecule has 3 nitrogen and oxygen atoms in total. The van der Waals surface area contributed by atoms with Gasteiger partial charge in [0.1, 0.15) is 10.8 Å². The molecule has 0 bridgehead atoms. The molecule has 0 aliphatic heterocycles. The van der Waals surface area contributed by atoms with Crippen molar-refractivity contribution in [1.29, 1.82) is 0 Å². The van der Waals surface area contributed by atoms with E-state index in [0.29, 0.717) is 0 Å². The number of benzene rings is 6. The van der Waals surface area contributed by atoms with Gasteiger partial charge in [-0.05, 0) is 80.8 Å². The minimum absolute atomic E-state index is 0.0520. The van der Waals surface area contributed by atoms with Crippen molar-refractivity contribution in [3.05, 3.63) is 151 Å². The molecule has 2 heterocycles. The zero-order valence-electron chi connectivity index (χ0n) is 27.1. The summed E-state index contributed by atoms with van der Waals surface area (Å²) in [6.07, 6.45) is 1.91. The van der Waals surface area contributed by atoms with Crippen LogP contribution in [-0.4, -0.2) is 15.1 Å². The molecule has 0 atom stereocenters. The van der Waals surface area contributed by atoms with Crippen molar-refractivity contribution in [2.45, 2.75) is 26.2 Å². The number of phenols is 1. The van der Waals surface area contributed by atoms with Gasteiger partial charge in [-0.2, -0.15) is 0 Å². The number of para-hydroxylation sites is 1. The highest BCUT2D eigenvalue weighted by Gasteiger charge is 2.20. The quantitative estimate of drug-likeness (QED) is 0.204. The summed E-state index contributed by atoms with van der Waals surface area (Å²) in [7, 11) is 0. The average molecular weight is 639 g/mol. The van der Waals surface area contributed by atoms with Crippen LogP contribution in [0.1, 0.15) is 26.3 Å². The maximum Gasteiger partial charge on any atom is 0.128 e. The Labute approximate surface area is 284 Å². The van der Waals surface area contributed by atoms with E-state index in [1.165, 1.54) is 11.1 Å². The van der Waals surface area contributed by atoms with Crippen molar-refractivity contribution in [2.75, 3.05) is 0 Å². The Morgan fingerprint density at radius 2 is 1.21 bits per heavy atom. The molecule has 0 spiro atoms. The van der Waals surface area contributed by atoms with E-state index in [4.69, 9.17) is 9.97 Å². The predicted molar refractivity (Wildman–Crippen MR) is 202 cm³/mol. The van der Waals surface area contributed by atoms with Gasteiger partial charge in [0.15, 0.2) is 0 Å². The lowest BCUT2D eigenvalue weighted by Gasteiger charge is -2.19. The maximum absolute atomic E-state index is 11.0. The predicted octanol–water partition coefficient (Wildman–Crippen LogP) is 12.2. The first-order valence-electron chi connectivity index (χ1n) is 16.2. The number of fused-ring (bicyclic) bond motifs is 2. The summed E-state index contributed by atoms with van der Waals surface area (Å²) in [6.45, 7) is 6.56. The van der Waals surface area contributed by atoms with E-state index in [0.717, 1.165) is 70.6 Å². The first-order valence-corrected chi connectivity index (χ1v) is 17.0. The van der Waals surface area contributed by atoms with Crippen molar-refractivity contribution in [3.8, 4) is 60.8 Å². The van der Waals surface area contributed by atoms with E-state index >= 15 is 0 Å². The monoisotopic (exact) mass is 638 g/mol. The van der Waals surface area contributed by atoms with Gasteiger partial charge in [0.2, 0.25) is 0 Å². The molecule has 0 unspecified atom stereocenters. The van der Waals surface area contributed by atoms with Crippen molar-refractivity contribution in [3.63, 3.8) is 0 Å². The second kappa shape index (κ2) is 11.9. The number of phenolic OH excluding ortho intramolecular Hbond substituents is 1. The van der Waals surface area contributed by atoms with Crippen molar-refractivity contribution in [2.24, 2.45) is 0 Å². The van der Waals surface area contributed by atoms with E-state index in [1.807, 2.05) is 24.4 Å². The molecule has 6 aromatic carbocycles. The topological polar surface area (TPSA) is 46.0 Å². The summed E-state index contributed by atoms with van der Waals surface area (Å²) in [5.74, 6) is 0.243. The van der Waals surface area contributed by atoms with Crippen LogP contribution in [0.25, 0.3) is 76.2 Å². The van der Waals surface area contributed by atoms with Crippen molar-refractivity contribution in [1.82, 2.24) is 9.97 Å². The Morgan fingerprint density at radius 1 is 0.521 bits per heavy atom. The van der Waals surface area contributed by atoms with Crippen LogP contribution >= 0.6 is 11.3 Å². The molecular formula is C44H34N2OS. The first-order chi connectivity index (χ1) is 23.3. The fourth-order valence-corrected chi connectivity index (χ4v) is 7.53. The lowest BCUT2D eigenvalue weighted by molar-refractivity contribution is 0.476. The fourth-order valence-electron chi connectivity index (χ4n) is 6.47. The molecular weight excluding hydrogens is 605 g/mol. The lowest BCUT2D eigenvalue weighted by Crippen LogP contribution is -2.10. The van der Waals surface area contributed by atoms with Crippen LogP contribution < -0.4 is 0 Å². The molecule has 48 heavy (non-hydrogen) atoms. The molecule has 0 saturated heterocycles. The van der Waals surface area contributed by atoms with Gasteiger partial charge in [-0.1, -0.05) is 124 Å². The molecule has 8 rings (SSSR count). The minimum Gasteiger partial charge on any atom is -0.507 e. The Balaban J connectivity index is 1.31. The molecule has 0 aliphatic rings.